The first-order valence-corrected chi connectivity index (χ1v) is 7.20. The molecule has 0 saturated carbocycles. The quantitative estimate of drug-likeness (QED) is 0.531. The molecule has 0 fully saturated rings. The Hall–Kier alpha value is -0.160. The van der Waals surface area contributed by atoms with Crippen LogP contribution < -0.4 is 0 Å². The van der Waals surface area contributed by atoms with Crippen LogP contribution in [0.15, 0.2) is 0 Å². The Kier molecular flexibility index (Phi) is 24.7. The van der Waals surface area contributed by atoms with Crippen LogP contribution in [0.5, 0.6) is 0 Å². The molecule has 18 heavy (non-hydrogen) atoms. The molecule has 112 valence electrons. The molecule has 0 aliphatic heterocycles. The fourth-order valence-electron chi connectivity index (χ4n) is 1.21. The summed E-state index contributed by atoms with van der Waals surface area (Å²) in [5, 5.41) is 16.6. The summed E-state index contributed by atoms with van der Waals surface area (Å²) in [6.45, 7) is 7.16. The summed E-state index contributed by atoms with van der Waals surface area (Å²) in [7, 11) is 0. The summed E-state index contributed by atoms with van der Waals surface area (Å²) >= 11 is 0. The molecule has 0 atom stereocenters. The summed E-state index contributed by atoms with van der Waals surface area (Å²) in [6, 6.07) is 0. The van der Waals surface area contributed by atoms with E-state index in [1.54, 1.807) is 0 Å². The van der Waals surface area contributed by atoms with E-state index in [2.05, 4.69) is 13.8 Å². The highest BCUT2D eigenvalue weighted by atomic mass is 16.5. The third-order valence-corrected chi connectivity index (χ3v) is 2.26. The number of ether oxygens (including phenoxy) is 2. The Morgan fingerprint density at radius 2 is 1.11 bits per heavy atom. The van der Waals surface area contributed by atoms with E-state index in [1.807, 2.05) is 0 Å². The van der Waals surface area contributed by atoms with Crippen molar-refractivity contribution in [3.63, 3.8) is 0 Å². The van der Waals surface area contributed by atoms with Gasteiger partial charge >= 0.3 is 0 Å². The van der Waals surface area contributed by atoms with Gasteiger partial charge in [-0.25, -0.2) is 0 Å². The van der Waals surface area contributed by atoms with E-state index >= 15 is 0 Å². The van der Waals surface area contributed by atoms with Crippen molar-refractivity contribution in [2.45, 2.75) is 52.4 Å². The van der Waals surface area contributed by atoms with Crippen LogP contribution in [0.2, 0.25) is 0 Å². The van der Waals surface area contributed by atoms with E-state index in [9.17, 15) is 0 Å². The molecule has 4 nitrogen and oxygen atoms in total. The zero-order chi connectivity index (χ0) is 13.9. The van der Waals surface area contributed by atoms with Gasteiger partial charge in [-0.3, -0.25) is 0 Å². The lowest BCUT2D eigenvalue weighted by Crippen LogP contribution is -2.00. The van der Waals surface area contributed by atoms with Crippen molar-refractivity contribution < 1.29 is 19.7 Å². The molecule has 0 unspecified atom stereocenters. The van der Waals surface area contributed by atoms with Crippen LogP contribution in [0.3, 0.4) is 0 Å². The van der Waals surface area contributed by atoms with Crippen molar-refractivity contribution in [2.24, 2.45) is 0 Å². The van der Waals surface area contributed by atoms with Gasteiger partial charge in [0.2, 0.25) is 0 Å². The average molecular weight is 264 g/mol. The number of hydrogen-bond acceptors (Lipinski definition) is 4. The van der Waals surface area contributed by atoms with Crippen LogP contribution in [0.1, 0.15) is 52.4 Å². The Bertz CT molecular complexity index is 106. The van der Waals surface area contributed by atoms with Crippen LogP contribution in [-0.4, -0.2) is 49.9 Å². The molecule has 0 amide bonds. The van der Waals surface area contributed by atoms with Crippen molar-refractivity contribution in [3.8, 4) is 0 Å². The first-order valence-electron chi connectivity index (χ1n) is 7.20. The molecule has 0 aliphatic carbocycles. The smallest absolute Gasteiger partial charge is 0.0697 e. The maximum absolute atomic E-state index is 8.34. The average Bonchev–Trinajstić information content (AvgIpc) is 2.40. The highest BCUT2D eigenvalue weighted by molar-refractivity contribution is 4.38. The fourth-order valence-corrected chi connectivity index (χ4v) is 1.21. The van der Waals surface area contributed by atoms with E-state index in [0.717, 1.165) is 32.5 Å². The van der Waals surface area contributed by atoms with E-state index < -0.39 is 0 Å². The zero-order valence-corrected chi connectivity index (χ0v) is 12.2. The van der Waals surface area contributed by atoms with Crippen LogP contribution in [0.25, 0.3) is 0 Å². The van der Waals surface area contributed by atoms with Crippen molar-refractivity contribution in [2.75, 3.05) is 39.6 Å². The predicted octanol–water partition coefficient (Wildman–Crippen LogP) is 2.37. The second kappa shape index (κ2) is 22.1. The Labute approximate surface area is 112 Å². The minimum Gasteiger partial charge on any atom is -0.394 e. The van der Waals surface area contributed by atoms with Crippen LogP contribution in [-0.2, 0) is 9.47 Å². The van der Waals surface area contributed by atoms with Gasteiger partial charge in [0, 0.05) is 13.2 Å². The molecule has 0 aromatic carbocycles. The molecule has 2 N–H and O–H groups in total. The molecule has 0 spiro atoms. The van der Waals surface area contributed by atoms with Crippen molar-refractivity contribution in [1.29, 1.82) is 0 Å². The molecule has 0 radical (unpaired) electrons. The van der Waals surface area contributed by atoms with Crippen LogP contribution in [0.4, 0.5) is 0 Å². The Morgan fingerprint density at radius 1 is 0.611 bits per heavy atom. The van der Waals surface area contributed by atoms with E-state index in [1.165, 1.54) is 19.3 Å². The van der Waals surface area contributed by atoms with Gasteiger partial charge in [0.05, 0.1) is 26.4 Å². The molecule has 0 aromatic heterocycles. The highest BCUT2D eigenvalue weighted by Gasteiger charge is 1.87. The third-order valence-electron chi connectivity index (χ3n) is 2.26. The molecule has 0 heterocycles. The lowest BCUT2D eigenvalue weighted by molar-refractivity contribution is 0.0896. The molecular weight excluding hydrogens is 232 g/mol. The number of aliphatic hydroxyl groups excluding tert-OH is 2. The number of aliphatic hydroxyl groups is 2. The van der Waals surface area contributed by atoms with Gasteiger partial charge in [-0.15, -0.1) is 0 Å². The monoisotopic (exact) mass is 264 g/mol. The Balaban J connectivity index is 0. The number of hydrogen-bond donors (Lipinski definition) is 2. The molecule has 0 aliphatic rings. The minimum atomic E-state index is 0.143. The minimum absolute atomic E-state index is 0.143. The van der Waals surface area contributed by atoms with Crippen LogP contribution >= 0.6 is 0 Å². The summed E-state index contributed by atoms with van der Waals surface area (Å²) in [5.41, 5.74) is 0. The largest absolute Gasteiger partial charge is 0.394 e. The molecule has 0 rings (SSSR count). The second-order valence-electron chi connectivity index (χ2n) is 4.09. The van der Waals surface area contributed by atoms with Crippen molar-refractivity contribution >= 4 is 0 Å². The standard InChI is InChI=1S/C8H18O2.C6H14O2/c1-2-3-4-5-7-10-8-6-9;1-2-3-5-8-6-4-7/h9H,2-8H2,1H3;7H,2-6H2,1H3. The SMILES string of the molecule is CCCCCCOCCO.CCCCOCCO. The Morgan fingerprint density at radius 3 is 1.56 bits per heavy atom. The zero-order valence-electron chi connectivity index (χ0n) is 12.2. The molecule has 4 heteroatoms. The summed E-state index contributed by atoms with van der Waals surface area (Å²) in [4.78, 5) is 0. The van der Waals surface area contributed by atoms with Gasteiger partial charge in [0.15, 0.2) is 0 Å². The molecule has 0 bridgehead atoms. The molecular formula is C14H32O4. The third kappa shape index (κ3) is 24.9. The van der Waals surface area contributed by atoms with Crippen molar-refractivity contribution in [3.05, 3.63) is 0 Å². The van der Waals surface area contributed by atoms with Gasteiger partial charge in [0.25, 0.3) is 0 Å². The van der Waals surface area contributed by atoms with Gasteiger partial charge in [0.1, 0.15) is 0 Å². The molecule has 0 aromatic rings. The van der Waals surface area contributed by atoms with Gasteiger partial charge in [-0.2, -0.15) is 0 Å². The lowest BCUT2D eigenvalue weighted by Gasteiger charge is -2.00. The summed E-state index contributed by atoms with van der Waals surface area (Å²) < 4.78 is 10.1. The topological polar surface area (TPSA) is 58.9 Å². The van der Waals surface area contributed by atoms with E-state index in [-0.39, 0.29) is 13.2 Å². The second-order valence-corrected chi connectivity index (χ2v) is 4.09. The normalized spacial score (nSPS) is 10.0. The lowest BCUT2D eigenvalue weighted by atomic mass is 10.2. The predicted molar refractivity (Wildman–Crippen MR) is 74.9 cm³/mol. The van der Waals surface area contributed by atoms with Crippen LogP contribution in [0, 0.1) is 0 Å². The number of rotatable bonds is 12. The van der Waals surface area contributed by atoms with E-state index in [4.69, 9.17) is 19.7 Å². The first kappa shape index (κ1) is 20.2. The van der Waals surface area contributed by atoms with Crippen molar-refractivity contribution in [1.82, 2.24) is 0 Å². The fraction of sp³-hybridized carbons (Fsp3) is 1.00. The van der Waals surface area contributed by atoms with Gasteiger partial charge < -0.3 is 19.7 Å². The first-order chi connectivity index (χ1) is 8.83. The van der Waals surface area contributed by atoms with Gasteiger partial charge in [-0.1, -0.05) is 39.5 Å². The number of unbranched alkanes of at least 4 members (excludes halogenated alkanes) is 4. The van der Waals surface area contributed by atoms with Gasteiger partial charge in [-0.05, 0) is 12.8 Å². The maximum Gasteiger partial charge on any atom is 0.0697 e. The molecule has 0 saturated heterocycles. The van der Waals surface area contributed by atoms with E-state index in [0.29, 0.717) is 13.2 Å². The maximum atomic E-state index is 8.34. The summed E-state index contributed by atoms with van der Waals surface area (Å²) in [5.74, 6) is 0. The highest BCUT2D eigenvalue weighted by Crippen LogP contribution is 1.98. The summed E-state index contributed by atoms with van der Waals surface area (Å²) in [6.07, 6.45) is 7.20.